The number of carbonyl (C=O) groups is 1. The molecule has 1 heterocycles. The summed E-state index contributed by atoms with van der Waals surface area (Å²) >= 11 is 6.10. The molecule has 1 aliphatic rings. The van der Waals surface area contributed by atoms with Gasteiger partial charge in [0.2, 0.25) is 5.91 Å². The Kier molecular flexibility index (Phi) is 3.93. The van der Waals surface area contributed by atoms with Crippen molar-refractivity contribution in [1.82, 2.24) is 5.32 Å². The minimum absolute atomic E-state index is 0.0662. The monoisotopic (exact) mass is 266 g/mol. The average molecular weight is 267 g/mol. The number of rotatable bonds is 2. The maximum atomic E-state index is 12.4. The molecule has 1 aliphatic heterocycles. The molecule has 18 heavy (non-hydrogen) atoms. The van der Waals surface area contributed by atoms with Crippen molar-refractivity contribution in [1.29, 1.82) is 0 Å². The number of carbonyl (C=O) groups excluding carboxylic acids is 1. The maximum absolute atomic E-state index is 12.4. The zero-order chi connectivity index (χ0) is 13.2. The first-order valence-electron chi connectivity index (χ1n) is 6.30. The smallest absolute Gasteiger partial charge is 0.230 e. The van der Waals surface area contributed by atoms with Gasteiger partial charge in [-0.05, 0) is 50.6 Å². The highest BCUT2D eigenvalue weighted by Crippen LogP contribution is 2.31. The third-order valence-corrected chi connectivity index (χ3v) is 3.95. The second-order valence-electron chi connectivity index (χ2n) is 5.25. The van der Waals surface area contributed by atoms with Crippen LogP contribution in [0.15, 0.2) is 18.2 Å². The lowest BCUT2D eigenvalue weighted by Gasteiger charge is -2.32. The molecular weight excluding hydrogens is 248 g/mol. The first kappa shape index (κ1) is 13.4. The van der Waals surface area contributed by atoms with E-state index in [0.29, 0.717) is 10.7 Å². The van der Waals surface area contributed by atoms with Crippen molar-refractivity contribution in [3.63, 3.8) is 0 Å². The van der Waals surface area contributed by atoms with E-state index in [4.69, 9.17) is 11.6 Å². The van der Waals surface area contributed by atoms with E-state index in [9.17, 15) is 4.79 Å². The van der Waals surface area contributed by atoms with Gasteiger partial charge in [-0.2, -0.15) is 0 Å². The number of anilines is 1. The highest BCUT2D eigenvalue weighted by Gasteiger charge is 2.34. The Labute approximate surface area is 113 Å². The zero-order valence-electron chi connectivity index (χ0n) is 10.8. The molecule has 0 bridgehead atoms. The number of benzene rings is 1. The van der Waals surface area contributed by atoms with E-state index < -0.39 is 0 Å². The van der Waals surface area contributed by atoms with Crippen LogP contribution in [0.1, 0.15) is 25.3 Å². The minimum atomic E-state index is -0.293. The SMILES string of the molecule is Cc1ccc(Cl)c(NC(=O)C2(C)CCNCC2)c1. The van der Waals surface area contributed by atoms with E-state index in [-0.39, 0.29) is 11.3 Å². The summed E-state index contributed by atoms with van der Waals surface area (Å²) in [6.07, 6.45) is 1.73. The van der Waals surface area contributed by atoms with Gasteiger partial charge >= 0.3 is 0 Å². The number of aryl methyl sites for hydroxylation is 1. The third kappa shape index (κ3) is 2.85. The predicted molar refractivity (Wildman–Crippen MR) is 75.0 cm³/mol. The molecule has 4 heteroatoms. The van der Waals surface area contributed by atoms with E-state index in [1.165, 1.54) is 0 Å². The molecule has 2 N–H and O–H groups in total. The van der Waals surface area contributed by atoms with Gasteiger partial charge < -0.3 is 10.6 Å². The first-order valence-corrected chi connectivity index (χ1v) is 6.67. The molecule has 0 atom stereocenters. The summed E-state index contributed by atoms with van der Waals surface area (Å²) in [7, 11) is 0. The van der Waals surface area contributed by atoms with E-state index in [2.05, 4.69) is 10.6 Å². The van der Waals surface area contributed by atoms with Gasteiger partial charge in [0.1, 0.15) is 0 Å². The zero-order valence-corrected chi connectivity index (χ0v) is 11.6. The average Bonchev–Trinajstić information content (AvgIpc) is 2.35. The third-order valence-electron chi connectivity index (χ3n) is 3.63. The van der Waals surface area contributed by atoms with Crippen LogP contribution in [-0.4, -0.2) is 19.0 Å². The van der Waals surface area contributed by atoms with E-state index >= 15 is 0 Å². The van der Waals surface area contributed by atoms with Crippen molar-refractivity contribution in [2.75, 3.05) is 18.4 Å². The molecule has 0 unspecified atom stereocenters. The molecule has 1 fully saturated rings. The Bertz CT molecular complexity index is 453. The number of hydrogen-bond donors (Lipinski definition) is 2. The molecule has 0 spiro atoms. The van der Waals surface area contributed by atoms with Crippen molar-refractivity contribution in [2.24, 2.45) is 5.41 Å². The van der Waals surface area contributed by atoms with Crippen LogP contribution in [-0.2, 0) is 4.79 Å². The maximum Gasteiger partial charge on any atom is 0.230 e. The fourth-order valence-corrected chi connectivity index (χ4v) is 2.38. The molecule has 1 aromatic carbocycles. The summed E-state index contributed by atoms with van der Waals surface area (Å²) in [5, 5.41) is 6.83. The van der Waals surface area contributed by atoms with Crippen molar-refractivity contribution >= 4 is 23.2 Å². The van der Waals surface area contributed by atoms with Gasteiger partial charge in [-0.25, -0.2) is 0 Å². The Morgan fingerprint density at radius 2 is 2.06 bits per heavy atom. The molecule has 1 aromatic rings. The number of amides is 1. The summed E-state index contributed by atoms with van der Waals surface area (Å²) in [4.78, 5) is 12.4. The van der Waals surface area contributed by atoms with Crippen LogP contribution in [0.2, 0.25) is 5.02 Å². The Hall–Kier alpha value is -1.06. The quantitative estimate of drug-likeness (QED) is 0.864. The molecule has 3 nitrogen and oxygen atoms in total. The lowest BCUT2D eigenvalue weighted by atomic mass is 9.80. The van der Waals surface area contributed by atoms with Gasteiger partial charge in [0.05, 0.1) is 10.7 Å². The molecule has 1 saturated heterocycles. The van der Waals surface area contributed by atoms with Crippen molar-refractivity contribution in [2.45, 2.75) is 26.7 Å². The molecule has 0 radical (unpaired) electrons. The molecule has 0 saturated carbocycles. The molecule has 1 amide bonds. The lowest BCUT2D eigenvalue weighted by molar-refractivity contribution is -0.126. The van der Waals surface area contributed by atoms with Gasteiger partial charge in [-0.3, -0.25) is 4.79 Å². The lowest BCUT2D eigenvalue weighted by Crippen LogP contribution is -2.42. The van der Waals surface area contributed by atoms with Crippen LogP contribution < -0.4 is 10.6 Å². The standard InChI is InChI=1S/C14H19ClN2O/c1-10-3-4-11(15)12(9-10)17-13(18)14(2)5-7-16-8-6-14/h3-4,9,16H,5-8H2,1-2H3,(H,17,18). The van der Waals surface area contributed by atoms with Gasteiger partial charge in [-0.1, -0.05) is 24.6 Å². The Morgan fingerprint density at radius 3 is 2.72 bits per heavy atom. The second kappa shape index (κ2) is 5.29. The second-order valence-corrected chi connectivity index (χ2v) is 5.66. The fraction of sp³-hybridized carbons (Fsp3) is 0.500. The number of piperidine rings is 1. The summed E-state index contributed by atoms with van der Waals surface area (Å²) in [6.45, 7) is 5.79. The first-order chi connectivity index (χ1) is 8.51. The van der Waals surface area contributed by atoms with Gasteiger partial charge in [0.15, 0.2) is 0 Å². The largest absolute Gasteiger partial charge is 0.324 e. The van der Waals surface area contributed by atoms with E-state index in [1.807, 2.05) is 32.0 Å². The topological polar surface area (TPSA) is 41.1 Å². The molecule has 0 aromatic heterocycles. The number of hydrogen-bond acceptors (Lipinski definition) is 2. The van der Waals surface area contributed by atoms with Crippen molar-refractivity contribution in [3.05, 3.63) is 28.8 Å². The van der Waals surface area contributed by atoms with Crippen LogP contribution in [0.4, 0.5) is 5.69 Å². The van der Waals surface area contributed by atoms with Crippen molar-refractivity contribution in [3.8, 4) is 0 Å². The number of halogens is 1. The van der Waals surface area contributed by atoms with Crippen LogP contribution >= 0.6 is 11.6 Å². The molecular formula is C14H19ClN2O. The van der Waals surface area contributed by atoms with Crippen LogP contribution in [0.5, 0.6) is 0 Å². The van der Waals surface area contributed by atoms with Gasteiger partial charge in [0, 0.05) is 5.41 Å². The minimum Gasteiger partial charge on any atom is -0.324 e. The molecule has 0 aliphatic carbocycles. The number of nitrogens with one attached hydrogen (secondary N) is 2. The molecule has 2 rings (SSSR count). The van der Waals surface area contributed by atoms with Gasteiger partial charge in [-0.15, -0.1) is 0 Å². The van der Waals surface area contributed by atoms with Crippen LogP contribution in [0.25, 0.3) is 0 Å². The van der Waals surface area contributed by atoms with E-state index in [0.717, 1.165) is 31.5 Å². The summed E-state index contributed by atoms with van der Waals surface area (Å²) < 4.78 is 0. The fourth-order valence-electron chi connectivity index (χ4n) is 2.21. The van der Waals surface area contributed by atoms with Crippen molar-refractivity contribution < 1.29 is 4.79 Å². The van der Waals surface area contributed by atoms with Gasteiger partial charge in [0.25, 0.3) is 0 Å². The van der Waals surface area contributed by atoms with Crippen LogP contribution in [0.3, 0.4) is 0 Å². The Morgan fingerprint density at radius 1 is 1.39 bits per heavy atom. The summed E-state index contributed by atoms with van der Waals surface area (Å²) in [6, 6.07) is 5.66. The van der Waals surface area contributed by atoms with Crippen LogP contribution in [0, 0.1) is 12.3 Å². The normalized spacial score (nSPS) is 18.4. The highest BCUT2D eigenvalue weighted by molar-refractivity contribution is 6.33. The predicted octanol–water partition coefficient (Wildman–Crippen LogP) is 2.98. The summed E-state index contributed by atoms with van der Waals surface area (Å²) in [5.41, 5.74) is 1.50. The summed E-state index contributed by atoms with van der Waals surface area (Å²) in [5.74, 6) is 0.0662. The highest BCUT2D eigenvalue weighted by atomic mass is 35.5. The molecule has 98 valence electrons. The van der Waals surface area contributed by atoms with E-state index in [1.54, 1.807) is 0 Å². The Balaban J connectivity index is 2.13.